The summed E-state index contributed by atoms with van der Waals surface area (Å²) >= 11 is 0. The first-order chi connectivity index (χ1) is 13.2. The third-order valence-corrected chi connectivity index (χ3v) is 5.48. The average molecular weight is 410 g/mol. The van der Waals surface area contributed by atoms with Gasteiger partial charge in [0.1, 0.15) is 6.04 Å². The molecule has 1 heterocycles. The van der Waals surface area contributed by atoms with Crippen molar-refractivity contribution < 1.29 is 28.1 Å². The first-order valence-corrected chi connectivity index (χ1v) is 9.35. The Bertz CT molecular complexity index is 955. The number of dihydropyridines is 1. The highest BCUT2D eigenvalue weighted by Gasteiger charge is 2.40. The summed E-state index contributed by atoms with van der Waals surface area (Å²) in [6.07, 6.45) is 2.43. The first kappa shape index (κ1) is 21.4. The summed E-state index contributed by atoms with van der Waals surface area (Å²) in [5.74, 6) is -0.948. The number of nitrogens with zero attached hydrogens (tertiary/aromatic N) is 3. The second-order valence-corrected chi connectivity index (χ2v) is 7.29. The number of rotatable bonds is 9. The molecule has 0 aromatic heterocycles. The van der Waals surface area contributed by atoms with Crippen molar-refractivity contribution in [2.24, 2.45) is 10.7 Å². The molecule has 0 fully saturated rings. The molecule has 28 heavy (non-hydrogen) atoms. The maximum atomic E-state index is 13.2. The Balaban J connectivity index is 2.59. The van der Waals surface area contributed by atoms with Gasteiger partial charge in [0.15, 0.2) is 4.90 Å². The van der Waals surface area contributed by atoms with Gasteiger partial charge in [0.25, 0.3) is 15.7 Å². The molecule has 1 aromatic carbocycles. The molecule has 2 rings (SSSR count). The molecular formula is C16H18N4O7S. The Morgan fingerprint density at radius 1 is 1.50 bits per heavy atom. The monoisotopic (exact) mass is 410 g/mol. The van der Waals surface area contributed by atoms with Crippen LogP contribution in [0, 0.1) is 10.1 Å². The molecule has 3 N–H and O–H groups in total. The molecule has 12 heteroatoms. The number of amides is 1. The number of carbonyl (C=O) groups excluding carboxylic acids is 1. The van der Waals surface area contributed by atoms with Crippen molar-refractivity contribution in [3.8, 4) is 0 Å². The van der Waals surface area contributed by atoms with E-state index in [2.05, 4.69) is 11.6 Å². The van der Waals surface area contributed by atoms with Gasteiger partial charge in [-0.3, -0.25) is 24.7 Å². The summed E-state index contributed by atoms with van der Waals surface area (Å²) in [4.78, 5) is 30.9. The molecule has 1 amide bonds. The Labute approximate surface area is 160 Å². The van der Waals surface area contributed by atoms with Gasteiger partial charge in [-0.25, -0.2) is 8.42 Å². The third-order valence-electron chi connectivity index (χ3n) is 3.75. The molecule has 1 unspecified atom stereocenters. The van der Waals surface area contributed by atoms with Crippen LogP contribution in [0.4, 0.5) is 5.69 Å². The number of nitro groups is 1. The van der Waals surface area contributed by atoms with Crippen LogP contribution in [0.15, 0.2) is 58.5 Å². The second-order valence-electron chi connectivity index (χ2n) is 5.54. The van der Waals surface area contributed by atoms with Crippen molar-refractivity contribution in [3.63, 3.8) is 0 Å². The van der Waals surface area contributed by atoms with E-state index >= 15 is 0 Å². The minimum Gasteiger partial charge on any atom is -0.390 e. The van der Waals surface area contributed by atoms with Crippen molar-refractivity contribution in [1.29, 1.82) is 0 Å². The number of nitrogens with two attached hydrogens (primary N) is 1. The molecule has 0 bridgehead atoms. The van der Waals surface area contributed by atoms with E-state index in [1.807, 2.05) is 0 Å². The first-order valence-electron chi connectivity index (χ1n) is 7.91. The number of hydroxylamine groups is 1. The standard InChI is InChI=1S/C16H18N4O7S/c1-2-7-27-20(14-9-18-11(10-21)8-12(14)16(17)22)28(25,26)15-6-4-3-5-13(15)19(23)24/h2-6,8,14,21H,1,7,9-10H2,(H2,17,22). The second kappa shape index (κ2) is 8.84. The molecule has 0 saturated carbocycles. The van der Waals surface area contributed by atoms with E-state index < -0.39 is 44.1 Å². The van der Waals surface area contributed by atoms with Crippen LogP contribution in [0.3, 0.4) is 0 Å². The molecule has 1 aliphatic heterocycles. The van der Waals surface area contributed by atoms with Crippen molar-refractivity contribution in [2.45, 2.75) is 10.9 Å². The molecular weight excluding hydrogens is 392 g/mol. The lowest BCUT2D eigenvalue weighted by molar-refractivity contribution is -0.387. The number of aliphatic imine (C=N–C) groups is 1. The van der Waals surface area contributed by atoms with Gasteiger partial charge in [-0.15, -0.1) is 6.58 Å². The van der Waals surface area contributed by atoms with E-state index in [1.165, 1.54) is 18.2 Å². The predicted octanol–water partition coefficient (Wildman–Crippen LogP) is -0.0697. The zero-order valence-corrected chi connectivity index (χ0v) is 15.4. The van der Waals surface area contributed by atoms with E-state index in [4.69, 9.17) is 10.6 Å². The number of nitro benzene ring substituents is 1. The molecule has 11 nitrogen and oxygen atoms in total. The molecule has 1 aliphatic rings. The van der Waals surface area contributed by atoms with Crippen molar-refractivity contribution in [3.05, 3.63) is 58.7 Å². The lowest BCUT2D eigenvalue weighted by Crippen LogP contribution is -2.47. The number of para-hydroxylation sites is 1. The number of aliphatic hydroxyl groups is 1. The summed E-state index contributed by atoms with van der Waals surface area (Å²) in [6, 6.07) is 3.44. The number of hydrogen-bond acceptors (Lipinski definition) is 8. The summed E-state index contributed by atoms with van der Waals surface area (Å²) in [6.45, 7) is 2.42. The van der Waals surface area contributed by atoms with E-state index in [0.717, 1.165) is 18.2 Å². The highest BCUT2D eigenvalue weighted by atomic mass is 32.2. The smallest absolute Gasteiger partial charge is 0.289 e. The molecule has 1 atom stereocenters. The number of carbonyl (C=O) groups is 1. The van der Waals surface area contributed by atoms with Gasteiger partial charge in [-0.05, 0) is 12.1 Å². The topological polar surface area (TPSA) is 165 Å². The minimum atomic E-state index is -4.60. The number of benzene rings is 1. The zero-order chi connectivity index (χ0) is 20.9. The third kappa shape index (κ3) is 4.31. The highest BCUT2D eigenvalue weighted by molar-refractivity contribution is 7.89. The summed E-state index contributed by atoms with van der Waals surface area (Å²) in [5.41, 5.74) is 4.65. The zero-order valence-electron chi connectivity index (χ0n) is 14.6. The van der Waals surface area contributed by atoms with Crippen LogP contribution in [-0.2, 0) is 19.7 Å². The Morgan fingerprint density at radius 2 is 2.18 bits per heavy atom. The highest BCUT2D eigenvalue weighted by Crippen LogP contribution is 2.30. The number of sulfonamides is 1. The molecule has 0 radical (unpaired) electrons. The molecule has 0 spiro atoms. The predicted molar refractivity (Wildman–Crippen MR) is 98.7 cm³/mol. The van der Waals surface area contributed by atoms with Gasteiger partial charge < -0.3 is 10.8 Å². The van der Waals surface area contributed by atoms with Gasteiger partial charge in [0.05, 0.1) is 30.4 Å². The van der Waals surface area contributed by atoms with Crippen LogP contribution in [0.1, 0.15) is 0 Å². The fourth-order valence-corrected chi connectivity index (χ4v) is 4.08. The number of hydrogen-bond donors (Lipinski definition) is 2. The van der Waals surface area contributed by atoms with Crippen LogP contribution < -0.4 is 5.73 Å². The van der Waals surface area contributed by atoms with Crippen LogP contribution in [0.25, 0.3) is 0 Å². The van der Waals surface area contributed by atoms with Crippen molar-refractivity contribution in [2.75, 3.05) is 19.8 Å². The normalized spacial score (nSPS) is 17.0. The van der Waals surface area contributed by atoms with Crippen LogP contribution in [0.5, 0.6) is 0 Å². The minimum absolute atomic E-state index is 0.136. The van der Waals surface area contributed by atoms with Crippen molar-refractivity contribution in [1.82, 2.24) is 4.47 Å². The summed E-state index contributed by atoms with van der Waals surface area (Å²) < 4.78 is 26.8. The Hall–Kier alpha value is -2.93. The van der Waals surface area contributed by atoms with E-state index in [1.54, 1.807) is 0 Å². The SMILES string of the molecule is C=CCON(C1CN=C(CO)C=C1C(N)=O)S(=O)(=O)c1ccccc1[N+](=O)[O-]. The van der Waals surface area contributed by atoms with Gasteiger partial charge in [0, 0.05) is 11.6 Å². The van der Waals surface area contributed by atoms with Crippen LogP contribution in [0.2, 0.25) is 0 Å². The summed E-state index contributed by atoms with van der Waals surface area (Å²) in [7, 11) is -4.60. The average Bonchev–Trinajstić information content (AvgIpc) is 2.68. The quantitative estimate of drug-likeness (QED) is 0.326. The molecule has 1 aromatic rings. The van der Waals surface area contributed by atoms with E-state index in [9.17, 15) is 28.4 Å². The van der Waals surface area contributed by atoms with Gasteiger partial charge in [-0.2, -0.15) is 0 Å². The fourth-order valence-electron chi connectivity index (χ4n) is 2.51. The van der Waals surface area contributed by atoms with Crippen LogP contribution in [-0.4, -0.2) is 60.3 Å². The van der Waals surface area contributed by atoms with Gasteiger partial charge >= 0.3 is 0 Å². The number of primary amides is 1. The Morgan fingerprint density at radius 3 is 2.75 bits per heavy atom. The maximum absolute atomic E-state index is 13.2. The van der Waals surface area contributed by atoms with E-state index in [-0.39, 0.29) is 24.4 Å². The fraction of sp³-hybridized carbons (Fsp3) is 0.250. The number of aliphatic hydroxyl groups excluding tert-OH is 1. The molecule has 150 valence electrons. The largest absolute Gasteiger partial charge is 0.390 e. The van der Waals surface area contributed by atoms with Crippen molar-refractivity contribution >= 4 is 27.3 Å². The maximum Gasteiger partial charge on any atom is 0.289 e. The van der Waals surface area contributed by atoms with Gasteiger partial charge in [-0.1, -0.05) is 22.7 Å². The van der Waals surface area contributed by atoms with E-state index in [0.29, 0.717) is 4.47 Å². The molecule has 0 aliphatic carbocycles. The molecule has 0 saturated heterocycles. The Kier molecular flexibility index (Phi) is 6.75. The van der Waals surface area contributed by atoms with Crippen LogP contribution >= 0.6 is 0 Å². The van der Waals surface area contributed by atoms with Gasteiger partial charge in [0.2, 0.25) is 5.91 Å². The lowest BCUT2D eigenvalue weighted by Gasteiger charge is -2.31. The summed E-state index contributed by atoms with van der Waals surface area (Å²) in [5, 5.41) is 20.5. The lowest BCUT2D eigenvalue weighted by atomic mass is 10.0.